The summed E-state index contributed by atoms with van der Waals surface area (Å²) in [6.07, 6.45) is 1.81. The Morgan fingerprint density at radius 3 is 2.44 bits per heavy atom. The maximum atomic E-state index is 11.5. The highest BCUT2D eigenvalue weighted by molar-refractivity contribution is 5.91. The van der Waals surface area contributed by atoms with Gasteiger partial charge >= 0.3 is 5.97 Å². The molecule has 0 atom stereocenters. The fraction of sp³-hybridized carbons (Fsp3) is 0.0741. The van der Waals surface area contributed by atoms with Crippen molar-refractivity contribution >= 4 is 28.5 Å². The highest BCUT2D eigenvalue weighted by Crippen LogP contribution is 2.21. The second kappa shape index (κ2) is 9.59. The van der Waals surface area contributed by atoms with Crippen molar-refractivity contribution in [1.82, 2.24) is 4.98 Å². The van der Waals surface area contributed by atoms with Crippen molar-refractivity contribution < 1.29 is 14.3 Å². The summed E-state index contributed by atoms with van der Waals surface area (Å²) in [5.74, 6) is 0.346. The van der Waals surface area contributed by atoms with E-state index >= 15 is 0 Å². The molecule has 0 fully saturated rings. The van der Waals surface area contributed by atoms with E-state index in [1.807, 2.05) is 78.9 Å². The van der Waals surface area contributed by atoms with Crippen LogP contribution in [0.1, 0.15) is 27.2 Å². The number of aromatic nitrogens is 1. The molecule has 0 unspecified atom stereocenters. The zero-order valence-electron chi connectivity index (χ0n) is 17.5. The molecule has 1 aromatic heterocycles. The molecule has 156 valence electrons. The molecule has 32 heavy (non-hydrogen) atoms. The molecule has 0 bridgehead atoms. The van der Waals surface area contributed by atoms with Crippen molar-refractivity contribution in [3.8, 4) is 11.8 Å². The number of hydrogen-bond donors (Lipinski definition) is 0. The summed E-state index contributed by atoms with van der Waals surface area (Å²) < 4.78 is 10.5. The van der Waals surface area contributed by atoms with Crippen molar-refractivity contribution in [2.75, 3.05) is 7.11 Å². The summed E-state index contributed by atoms with van der Waals surface area (Å²) in [4.78, 5) is 16.1. The van der Waals surface area contributed by atoms with E-state index in [9.17, 15) is 10.1 Å². The lowest BCUT2D eigenvalue weighted by Gasteiger charge is -2.07. The normalized spacial score (nSPS) is 11.1. The number of carbonyl (C=O) groups excluding carboxylic acids is 1. The Balaban J connectivity index is 1.44. The summed E-state index contributed by atoms with van der Waals surface area (Å²) in [7, 11) is 1.36. The monoisotopic (exact) mass is 420 g/mol. The van der Waals surface area contributed by atoms with Gasteiger partial charge < -0.3 is 9.47 Å². The maximum absolute atomic E-state index is 11.5. The summed E-state index contributed by atoms with van der Waals surface area (Å²) >= 11 is 0. The Kier molecular flexibility index (Phi) is 6.24. The Morgan fingerprint density at radius 2 is 1.72 bits per heavy atom. The molecule has 4 aromatic rings. The van der Waals surface area contributed by atoms with E-state index in [1.165, 1.54) is 7.11 Å². The minimum Gasteiger partial charge on any atom is -0.489 e. The molecule has 0 aliphatic rings. The van der Waals surface area contributed by atoms with Gasteiger partial charge in [-0.25, -0.2) is 9.78 Å². The average Bonchev–Trinajstić information content (AvgIpc) is 2.86. The van der Waals surface area contributed by atoms with Crippen molar-refractivity contribution in [3.05, 3.63) is 107 Å². The van der Waals surface area contributed by atoms with Crippen LogP contribution < -0.4 is 4.74 Å². The van der Waals surface area contributed by atoms with Gasteiger partial charge in [0, 0.05) is 5.39 Å². The van der Waals surface area contributed by atoms with Gasteiger partial charge in [0.25, 0.3) is 0 Å². The molecule has 5 nitrogen and oxygen atoms in total. The maximum Gasteiger partial charge on any atom is 0.337 e. The molecule has 0 amide bonds. The molecule has 0 spiro atoms. The van der Waals surface area contributed by atoms with Crippen molar-refractivity contribution in [3.63, 3.8) is 0 Å². The van der Waals surface area contributed by atoms with Gasteiger partial charge in [-0.15, -0.1) is 0 Å². The number of pyridine rings is 1. The lowest BCUT2D eigenvalue weighted by atomic mass is 10.1. The number of fused-ring (bicyclic) bond motifs is 1. The van der Waals surface area contributed by atoms with Crippen LogP contribution in [0.15, 0.2) is 84.9 Å². The Hall–Kier alpha value is -4.43. The largest absolute Gasteiger partial charge is 0.489 e. The summed E-state index contributed by atoms with van der Waals surface area (Å²) in [5.41, 5.74) is 4.32. The van der Waals surface area contributed by atoms with Crippen LogP contribution in [0.4, 0.5) is 0 Å². The van der Waals surface area contributed by atoms with E-state index in [-0.39, 0.29) is 5.97 Å². The molecule has 0 saturated carbocycles. The van der Waals surface area contributed by atoms with Crippen molar-refractivity contribution in [2.24, 2.45) is 0 Å². The van der Waals surface area contributed by atoms with Crippen LogP contribution in [0.3, 0.4) is 0 Å². The van der Waals surface area contributed by atoms with Gasteiger partial charge in [-0.2, -0.15) is 5.26 Å². The second-order valence-electron chi connectivity index (χ2n) is 7.11. The Morgan fingerprint density at radius 1 is 0.969 bits per heavy atom. The quantitative estimate of drug-likeness (QED) is 0.297. The third-order valence-electron chi connectivity index (χ3n) is 4.97. The number of allylic oxidation sites excluding steroid dienone is 1. The summed E-state index contributed by atoms with van der Waals surface area (Å²) in [6.45, 7) is 0.376. The van der Waals surface area contributed by atoms with E-state index in [0.29, 0.717) is 29.2 Å². The SMILES string of the molecule is COC(=O)c1ccc(COc2ccc(/C=C(\C#N)c3ccc4ccccc4n3)cc2)cc1. The minimum atomic E-state index is -0.364. The average molecular weight is 420 g/mol. The Labute approximate surface area is 186 Å². The van der Waals surface area contributed by atoms with Gasteiger partial charge in [0.05, 0.1) is 29.5 Å². The van der Waals surface area contributed by atoms with E-state index in [1.54, 1.807) is 12.1 Å². The third-order valence-corrected chi connectivity index (χ3v) is 4.97. The standard InChI is InChI=1S/C27H20N2O3/c1-31-27(30)22-10-6-20(7-11-22)18-32-24-13-8-19(9-14-24)16-23(17-28)26-15-12-21-4-2-3-5-25(21)29-26/h2-16H,18H2,1H3/b23-16+. The highest BCUT2D eigenvalue weighted by atomic mass is 16.5. The molecule has 1 heterocycles. The first-order valence-electron chi connectivity index (χ1n) is 10.0. The lowest BCUT2D eigenvalue weighted by Crippen LogP contribution is -2.01. The number of ether oxygens (including phenoxy) is 2. The summed E-state index contributed by atoms with van der Waals surface area (Å²) in [6, 6.07) is 28.5. The molecular weight excluding hydrogens is 400 g/mol. The lowest BCUT2D eigenvalue weighted by molar-refractivity contribution is 0.0600. The molecule has 3 aromatic carbocycles. The van der Waals surface area contributed by atoms with Crippen LogP contribution in [-0.4, -0.2) is 18.1 Å². The zero-order chi connectivity index (χ0) is 22.3. The minimum absolute atomic E-state index is 0.364. The molecule has 0 aliphatic carbocycles. The number of para-hydroxylation sites is 1. The molecule has 4 rings (SSSR count). The van der Waals surface area contributed by atoms with Crippen LogP contribution in [0.25, 0.3) is 22.6 Å². The predicted octanol–water partition coefficient (Wildman–Crippen LogP) is 5.66. The number of hydrogen-bond acceptors (Lipinski definition) is 5. The van der Waals surface area contributed by atoms with Gasteiger partial charge in [0.1, 0.15) is 18.4 Å². The number of benzene rings is 3. The first-order valence-corrected chi connectivity index (χ1v) is 10.0. The first kappa shape index (κ1) is 20.8. The highest BCUT2D eigenvalue weighted by Gasteiger charge is 2.06. The second-order valence-corrected chi connectivity index (χ2v) is 7.11. The van der Waals surface area contributed by atoms with Gasteiger partial charge in [-0.05, 0) is 53.6 Å². The van der Waals surface area contributed by atoms with Gasteiger partial charge in [0.15, 0.2) is 0 Å². The number of nitrogens with zero attached hydrogens (tertiary/aromatic N) is 2. The van der Waals surface area contributed by atoms with E-state index in [0.717, 1.165) is 22.0 Å². The van der Waals surface area contributed by atoms with Crippen LogP contribution in [0, 0.1) is 11.3 Å². The first-order chi connectivity index (χ1) is 15.7. The summed E-state index contributed by atoms with van der Waals surface area (Å²) in [5, 5.41) is 10.7. The smallest absolute Gasteiger partial charge is 0.337 e. The van der Waals surface area contributed by atoms with Gasteiger partial charge in [-0.1, -0.05) is 48.5 Å². The third kappa shape index (κ3) is 4.82. The van der Waals surface area contributed by atoms with Crippen LogP contribution >= 0.6 is 0 Å². The number of nitriles is 1. The number of carbonyl (C=O) groups is 1. The van der Waals surface area contributed by atoms with Gasteiger partial charge in [-0.3, -0.25) is 0 Å². The molecule has 0 radical (unpaired) electrons. The molecule has 0 N–H and O–H groups in total. The Bertz CT molecular complexity index is 1320. The molecular formula is C27H20N2O3. The van der Waals surface area contributed by atoms with E-state index < -0.39 is 0 Å². The topological polar surface area (TPSA) is 72.2 Å². The van der Waals surface area contributed by atoms with Crippen LogP contribution in [0.5, 0.6) is 5.75 Å². The van der Waals surface area contributed by atoms with Crippen LogP contribution in [-0.2, 0) is 11.3 Å². The van der Waals surface area contributed by atoms with E-state index in [4.69, 9.17) is 9.47 Å². The predicted molar refractivity (Wildman–Crippen MR) is 124 cm³/mol. The fourth-order valence-electron chi connectivity index (χ4n) is 3.23. The molecule has 0 saturated heterocycles. The molecule has 5 heteroatoms. The number of methoxy groups -OCH3 is 1. The van der Waals surface area contributed by atoms with Crippen molar-refractivity contribution in [1.29, 1.82) is 5.26 Å². The van der Waals surface area contributed by atoms with Gasteiger partial charge in [0.2, 0.25) is 0 Å². The number of rotatable bonds is 6. The molecule has 0 aliphatic heterocycles. The fourth-order valence-corrected chi connectivity index (χ4v) is 3.23. The number of esters is 1. The van der Waals surface area contributed by atoms with Crippen LogP contribution in [0.2, 0.25) is 0 Å². The van der Waals surface area contributed by atoms with E-state index in [2.05, 4.69) is 11.1 Å². The zero-order valence-corrected chi connectivity index (χ0v) is 17.5. The van der Waals surface area contributed by atoms with Crippen molar-refractivity contribution in [2.45, 2.75) is 6.61 Å².